The Morgan fingerprint density at radius 1 is 1.33 bits per heavy atom. The van der Waals surface area contributed by atoms with Crippen LogP contribution >= 0.6 is 0 Å². The van der Waals surface area contributed by atoms with Gasteiger partial charge in [-0.3, -0.25) is 4.79 Å². The van der Waals surface area contributed by atoms with Crippen LogP contribution in [0.1, 0.15) is 31.9 Å². The van der Waals surface area contributed by atoms with Gasteiger partial charge in [-0.05, 0) is 23.1 Å². The zero-order valence-electron chi connectivity index (χ0n) is 11.4. The number of hydrogen-bond donors (Lipinski definition) is 1. The molecule has 0 fully saturated rings. The summed E-state index contributed by atoms with van der Waals surface area (Å²) in [4.78, 5) is 11.1. The third-order valence-corrected chi connectivity index (χ3v) is 2.70. The number of carbonyl (C=O) groups excluding carboxylic acids is 1. The topological polar surface area (TPSA) is 61.5 Å². The summed E-state index contributed by atoms with van der Waals surface area (Å²) in [5, 5.41) is 0. The molecule has 0 radical (unpaired) electrons. The SMILES string of the molecule is COc1ccc(C(C)(C)C)cc1COC(=O)CN. The van der Waals surface area contributed by atoms with Crippen molar-refractivity contribution in [3.63, 3.8) is 0 Å². The van der Waals surface area contributed by atoms with Gasteiger partial charge in [0, 0.05) is 5.56 Å². The average Bonchev–Trinajstić information content (AvgIpc) is 2.34. The van der Waals surface area contributed by atoms with E-state index in [0.29, 0.717) is 5.75 Å². The van der Waals surface area contributed by atoms with Gasteiger partial charge in [-0.15, -0.1) is 0 Å². The molecule has 0 amide bonds. The molecule has 1 aromatic carbocycles. The number of benzene rings is 1. The fraction of sp³-hybridized carbons (Fsp3) is 0.500. The molecule has 100 valence electrons. The lowest BCUT2D eigenvalue weighted by molar-refractivity contribution is -0.143. The monoisotopic (exact) mass is 251 g/mol. The van der Waals surface area contributed by atoms with E-state index in [-0.39, 0.29) is 18.6 Å². The molecule has 0 aliphatic carbocycles. The second-order valence-corrected chi connectivity index (χ2v) is 5.14. The molecule has 2 N–H and O–H groups in total. The number of ether oxygens (including phenoxy) is 2. The van der Waals surface area contributed by atoms with Crippen LogP contribution in [0.4, 0.5) is 0 Å². The third kappa shape index (κ3) is 3.74. The minimum Gasteiger partial charge on any atom is -0.496 e. The van der Waals surface area contributed by atoms with E-state index in [1.807, 2.05) is 18.2 Å². The number of carbonyl (C=O) groups is 1. The molecule has 4 nitrogen and oxygen atoms in total. The van der Waals surface area contributed by atoms with Gasteiger partial charge in [0.25, 0.3) is 0 Å². The van der Waals surface area contributed by atoms with Crippen molar-refractivity contribution in [2.24, 2.45) is 5.73 Å². The Morgan fingerprint density at radius 3 is 2.50 bits per heavy atom. The Balaban J connectivity index is 2.96. The highest BCUT2D eigenvalue weighted by molar-refractivity contribution is 5.71. The first-order valence-corrected chi connectivity index (χ1v) is 5.91. The number of esters is 1. The van der Waals surface area contributed by atoms with Gasteiger partial charge in [0.15, 0.2) is 0 Å². The standard InChI is InChI=1S/C14H21NO3/c1-14(2,3)11-5-6-12(17-4)10(7-11)9-18-13(16)8-15/h5-7H,8-9,15H2,1-4H3. The Morgan fingerprint density at radius 2 is 2.00 bits per heavy atom. The maximum Gasteiger partial charge on any atom is 0.320 e. The predicted molar refractivity (Wildman–Crippen MR) is 70.5 cm³/mol. The van der Waals surface area contributed by atoms with E-state index in [9.17, 15) is 4.79 Å². The van der Waals surface area contributed by atoms with Crippen molar-refractivity contribution >= 4 is 5.97 Å². The van der Waals surface area contributed by atoms with E-state index in [1.54, 1.807) is 7.11 Å². The van der Waals surface area contributed by atoms with Crippen LogP contribution in [0.25, 0.3) is 0 Å². The van der Waals surface area contributed by atoms with Crippen molar-refractivity contribution in [3.8, 4) is 5.75 Å². The third-order valence-electron chi connectivity index (χ3n) is 2.70. The second-order valence-electron chi connectivity index (χ2n) is 5.14. The van der Waals surface area contributed by atoms with E-state index >= 15 is 0 Å². The molecule has 0 bridgehead atoms. The molecule has 0 atom stereocenters. The summed E-state index contributed by atoms with van der Waals surface area (Å²) < 4.78 is 10.3. The van der Waals surface area contributed by atoms with Gasteiger partial charge in [-0.1, -0.05) is 26.8 Å². The molecule has 0 aromatic heterocycles. The van der Waals surface area contributed by atoms with Crippen molar-refractivity contribution < 1.29 is 14.3 Å². The van der Waals surface area contributed by atoms with Crippen LogP contribution in [0.15, 0.2) is 18.2 Å². The summed E-state index contributed by atoms with van der Waals surface area (Å²) in [6.45, 7) is 6.46. The minimum atomic E-state index is -0.418. The molecule has 1 aromatic rings. The molecule has 0 unspecified atom stereocenters. The van der Waals surface area contributed by atoms with Gasteiger partial charge in [-0.2, -0.15) is 0 Å². The van der Waals surface area contributed by atoms with Crippen LogP contribution in [0.5, 0.6) is 5.75 Å². The fourth-order valence-electron chi connectivity index (χ4n) is 1.58. The molecule has 0 aliphatic heterocycles. The van der Waals surface area contributed by atoms with E-state index in [4.69, 9.17) is 15.2 Å². The van der Waals surface area contributed by atoms with Crippen molar-refractivity contribution in [1.82, 2.24) is 0 Å². The summed E-state index contributed by atoms with van der Waals surface area (Å²) >= 11 is 0. The molecular formula is C14H21NO3. The van der Waals surface area contributed by atoms with Crippen LogP contribution in [-0.2, 0) is 21.6 Å². The number of nitrogens with two attached hydrogens (primary N) is 1. The fourth-order valence-corrected chi connectivity index (χ4v) is 1.58. The summed E-state index contributed by atoms with van der Waals surface area (Å²) in [5.41, 5.74) is 7.26. The predicted octanol–water partition coefficient (Wildman–Crippen LogP) is 1.99. The van der Waals surface area contributed by atoms with E-state index in [2.05, 4.69) is 20.8 Å². The Bertz CT molecular complexity index is 422. The highest BCUT2D eigenvalue weighted by Gasteiger charge is 2.16. The zero-order valence-corrected chi connectivity index (χ0v) is 11.4. The molecule has 0 heterocycles. The molecular weight excluding hydrogens is 230 g/mol. The summed E-state index contributed by atoms with van der Waals surface area (Å²) in [5.74, 6) is 0.297. The van der Waals surface area contributed by atoms with Crippen LogP contribution < -0.4 is 10.5 Å². The lowest BCUT2D eigenvalue weighted by Gasteiger charge is -2.21. The largest absolute Gasteiger partial charge is 0.496 e. The second kappa shape index (κ2) is 5.87. The maximum atomic E-state index is 11.1. The molecule has 4 heteroatoms. The van der Waals surface area contributed by atoms with E-state index < -0.39 is 5.97 Å². The molecule has 0 saturated carbocycles. The van der Waals surface area contributed by atoms with E-state index in [1.165, 1.54) is 5.56 Å². The molecule has 1 rings (SSSR count). The number of rotatable bonds is 4. The van der Waals surface area contributed by atoms with Crippen molar-refractivity contribution in [1.29, 1.82) is 0 Å². The maximum absolute atomic E-state index is 11.1. The van der Waals surface area contributed by atoms with Crippen LogP contribution in [0.2, 0.25) is 0 Å². The first kappa shape index (κ1) is 14.5. The summed E-state index contributed by atoms with van der Waals surface area (Å²) in [6.07, 6.45) is 0. The van der Waals surface area contributed by atoms with Gasteiger partial charge < -0.3 is 15.2 Å². The van der Waals surface area contributed by atoms with Crippen molar-refractivity contribution in [2.45, 2.75) is 32.8 Å². The van der Waals surface area contributed by atoms with Crippen LogP contribution in [0.3, 0.4) is 0 Å². The normalized spacial score (nSPS) is 11.2. The Kier molecular flexibility index (Phi) is 4.73. The van der Waals surface area contributed by atoms with E-state index in [0.717, 1.165) is 5.56 Å². The van der Waals surface area contributed by atoms with Crippen LogP contribution in [-0.4, -0.2) is 19.6 Å². The molecule has 0 saturated heterocycles. The summed E-state index contributed by atoms with van der Waals surface area (Å²) in [7, 11) is 1.60. The van der Waals surface area contributed by atoms with Gasteiger partial charge in [-0.25, -0.2) is 0 Å². The smallest absolute Gasteiger partial charge is 0.320 e. The lowest BCUT2D eigenvalue weighted by Crippen LogP contribution is -2.17. The van der Waals surface area contributed by atoms with Gasteiger partial charge in [0.2, 0.25) is 0 Å². The molecule has 18 heavy (non-hydrogen) atoms. The lowest BCUT2D eigenvalue weighted by atomic mass is 9.86. The zero-order chi connectivity index (χ0) is 13.8. The first-order valence-electron chi connectivity index (χ1n) is 5.91. The quantitative estimate of drug-likeness (QED) is 0.831. The summed E-state index contributed by atoms with van der Waals surface area (Å²) in [6, 6.07) is 5.92. The minimum absolute atomic E-state index is 0.0406. The van der Waals surface area contributed by atoms with Crippen molar-refractivity contribution in [2.75, 3.05) is 13.7 Å². The van der Waals surface area contributed by atoms with Crippen LogP contribution in [0, 0.1) is 0 Å². The molecule has 0 aliphatic rings. The van der Waals surface area contributed by atoms with Gasteiger partial charge >= 0.3 is 5.97 Å². The Hall–Kier alpha value is -1.55. The molecule has 0 spiro atoms. The number of hydrogen-bond acceptors (Lipinski definition) is 4. The van der Waals surface area contributed by atoms with Gasteiger partial charge in [0.1, 0.15) is 12.4 Å². The first-order chi connectivity index (χ1) is 8.38. The Labute approximate surface area is 108 Å². The van der Waals surface area contributed by atoms with Crippen molar-refractivity contribution in [3.05, 3.63) is 29.3 Å². The number of methoxy groups -OCH3 is 1. The average molecular weight is 251 g/mol. The van der Waals surface area contributed by atoms with Gasteiger partial charge in [0.05, 0.1) is 13.7 Å². The highest BCUT2D eigenvalue weighted by Crippen LogP contribution is 2.28. The highest BCUT2D eigenvalue weighted by atomic mass is 16.5.